The lowest BCUT2D eigenvalue weighted by Crippen LogP contribution is -2.39. The third-order valence-corrected chi connectivity index (χ3v) is 4.00. The molecule has 1 atom stereocenters. The van der Waals surface area contributed by atoms with Gasteiger partial charge in [0.2, 0.25) is 0 Å². The highest BCUT2D eigenvalue weighted by molar-refractivity contribution is 7.85. The topological polar surface area (TPSA) is 146 Å². The molecule has 124 valence electrons. The standard InChI is InChI=1S/C12H10O10S/c13-8(19-1-2-23(16,17)18)5-20-11(15)12-4-6-3-7(9(12)21-6)10(14)22-12/h3H,1-2,4-5H2,(H,16,17,18). The molecule has 0 radical (unpaired) electrons. The normalized spacial score (nSPS) is 21.2. The van der Waals surface area contributed by atoms with Gasteiger partial charge in [0.15, 0.2) is 12.4 Å². The molecular formula is C12H10O10S. The number of esters is 3. The molecule has 1 aromatic heterocycles. The number of fused-ring (bicyclic) bond motifs is 1. The molecule has 3 rings (SSSR count). The molecule has 1 unspecified atom stereocenters. The summed E-state index contributed by atoms with van der Waals surface area (Å²) < 4.78 is 48.9. The summed E-state index contributed by atoms with van der Waals surface area (Å²) in [6.07, 6.45) is -0.00574. The van der Waals surface area contributed by atoms with Crippen LogP contribution in [0.25, 0.3) is 0 Å². The van der Waals surface area contributed by atoms with Gasteiger partial charge in [0, 0.05) is 0 Å². The van der Waals surface area contributed by atoms with E-state index in [1.54, 1.807) is 0 Å². The van der Waals surface area contributed by atoms with Crippen LogP contribution >= 0.6 is 0 Å². The van der Waals surface area contributed by atoms with E-state index in [0.29, 0.717) is 5.76 Å². The highest BCUT2D eigenvalue weighted by Crippen LogP contribution is 2.47. The van der Waals surface area contributed by atoms with Gasteiger partial charge in [-0.1, -0.05) is 0 Å². The number of furan rings is 1. The van der Waals surface area contributed by atoms with Crippen LogP contribution in [-0.4, -0.2) is 49.8 Å². The Hall–Kier alpha value is -2.40. The van der Waals surface area contributed by atoms with Crippen LogP contribution in [0, 0.1) is 0 Å². The molecule has 1 aromatic rings. The predicted octanol–water partition coefficient (Wildman–Crippen LogP) is -0.824. The van der Waals surface area contributed by atoms with Crippen molar-refractivity contribution >= 4 is 28.0 Å². The molecule has 23 heavy (non-hydrogen) atoms. The van der Waals surface area contributed by atoms with Gasteiger partial charge in [-0.25, -0.2) is 14.4 Å². The second-order valence-corrected chi connectivity index (χ2v) is 6.50. The minimum atomic E-state index is -4.26. The number of carbonyl (C=O) groups excluding carboxylic acids is 3. The Morgan fingerprint density at radius 1 is 1.35 bits per heavy atom. The summed E-state index contributed by atoms with van der Waals surface area (Å²) in [7, 11) is -4.26. The van der Waals surface area contributed by atoms with E-state index in [0.717, 1.165) is 0 Å². The van der Waals surface area contributed by atoms with E-state index < -0.39 is 52.6 Å². The van der Waals surface area contributed by atoms with Crippen molar-refractivity contribution in [2.45, 2.75) is 12.0 Å². The van der Waals surface area contributed by atoms with Gasteiger partial charge >= 0.3 is 17.9 Å². The summed E-state index contributed by atoms with van der Waals surface area (Å²) >= 11 is 0. The smallest absolute Gasteiger partial charge is 0.359 e. The van der Waals surface area contributed by atoms with Gasteiger partial charge in [-0.2, -0.15) is 8.42 Å². The first kappa shape index (κ1) is 15.5. The minimum absolute atomic E-state index is 0.00574. The zero-order valence-corrected chi connectivity index (χ0v) is 12.3. The molecule has 2 aliphatic rings. The van der Waals surface area contributed by atoms with Crippen LogP contribution in [-0.2, 0) is 45.9 Å². The number of carbonyl (C=O) groups is 3. The summed E-state index contributed by atoms with van der Waals surface area (Å²) in [6, 6.07) is 1.47. The SMILES string of the molecule is O=C(COC(=O)C12Cc3cc(c1o3)C(=O)O2)OCCS(=O)(=O)O. The number of rotatable bonds is 6. The van der Waals surface area contributed by atoms with Gasteiger partial charge in [0.05, 0.1) is 6.42 Å². The Bertz CT molecular complexity index is 804. The molecule has 10 nitrogen and oxygen atoms in total. The Morgan fingerprint density at radius 3 is 2.74 bits per heavy atom. The molecule has 0 saturated carbocycles. The van der Waals surface area contributed by atoms with Gasteiger partial charge < -0.3 is 18.6 Å². The fourth-order valence-corrected chi connectivity index (χ4v) is 2.65. The lowest BCUT2D eigenvalue weighted by molar-refractivity contribution is -0.172. The maximum Gasteiger partial charge on any atom is 0.359 e. The van der Waals surface area contributed by atoms with Crippen LogP contribution in [0.1, 0.15) is 21.9 Å². The molecule has 0 spiro atoms. The highest BCUT2D eigenvalue weighted by Gasteiger charge is 2.61. The van der Waals surface area contributed by atoms with Crippen LogP contribution in [0.15, 0.2) is 10.5 Å². The fourth-order valence-electron chi connectivity index (χ4n) is 2.35. The molecule has 11 heteroatoms. The van der Waals surface area contributed by atoms with Gasteiger partial charge in [0.1, 0.15) is 23.7 Å². The van der Waals surface area contributed by atoms with E-state index in [1.807, 2.05) is 0 Å². The average molecular weight is 346 g/mol. The summed E-state index contributed by atoms with van der Waals surface area (Å²) in [5.74, 6) is -3.02. The van der Waals surface area contributed by atoms with E-state index in [4.69, 9.17) is 18.4 Å². The molecule has 2 aliphatic heterocycles. The van der Waals surface area contributed by atoms with Crippen LogP contribution in [0.5, 0.6) is 0 Å². The Kier molecular flexibility index (Phi) is 3.41. The van der Waals surface area contributed by atoms with Crippen LogP contribution in [0.3, 0.4) is 0 Å². The predicted molar refractivity (Wildman–Crippen MR) is 67.8 cm³/mol. The largest absolute Gasteiger partial charge is 0.462 e. The third-order valence-electron chi connectivity index (χ3n) is 3.32. The van der Waals surface area contributed by atoms with Crippen molar-refractivity contribution in [2.24, 2.45) is 0 Å². The van der Waals surface area contributed by atoms with Gasteiger partial charge in [-0.15, -0.1) is 0 Å². The van der Waals surface area contributed by atoms with Crippen molar-refractivity contribution < 1.29 is 46.0 Å². The van der Waals surface area contributed by atoms with E-state index >= 15 is 0 Å². The van der Waals surface area contributed by atoms with Gasteiger partial charge in [-0.05, 0) is 6.07 Å². The maximum atomic E-state index is 12.1. The van der Waals surface area contributed by atoms with Gasteiger partial charge in [-0.3, -0.25) is 4.55 Å². The summed E-state index contributed by atoms with van der Waals surface area (Å²) in [4.78, 5) is 35.0. The Balaban J connectivity index is 1.54. The first-order valence-corrected chi connectivity index (χ1v) is 7.97. The maximum absolute atomic E-state index is 12.1. The molecule has 0 aliphatic carbocycles. The fraction of sp³-hybridized carbons (Fsp3) is 0.417. The molecule has 0 amide bonds. The molecule has 0 fully saturated rings. The van der Waals surface area contributed by atoms with Crippen molar-refractivity contribution in [3.63, 3.8) is 0 Å². The summed E-state index contributed by atoms with van der Waals surface area (Å²) in [5.41, 5.74) is -1.54. The zero-order chi connectivity index (χ0) is 16.8. The monoisotopic (exact) mass is 346 g/mol. The van der Waals surface area contributed by atoms with Crippen molar-refractivity contribution in [3.8, 4) is 0 Å². The van der Waals surface area contributed by atoms with Crippen molar-refractivity contribution in [1.82, 2.24) is 0 Å². The minimum Gasteiger partial charge on any atom is -0.462 e. The molecular weight excluding hydrogens is 336 g/mol. The Morgan fingerprint density at radius 2 is 2.09 bits per heavy atom. The molecule has 0 saturated heterocycles. The first-order valence-electron chi connectivity index (χ1n) is 6.36. The van der Waals surface area contributed by atoms with Crippen molar-refractivity contribution in [3.05, 3.63) is 23.2 Å². The van der Waals surface area contributed by atoms with Crippen LogP contribution in [0.2, 0.25) is 0 Å². The average Bonchev–Trinajstić information content (AvgIpc) is 3.04. The van der Waals surface area contributed by atoms with Crippen molar-refractivity contribution in [2.75, 3.05) is 19.0 Å². The molecule has 2 bridgehead atoms. The summed E-state index contributed by atoms with van der Waals surface area (Å²) in [5, 5.41) is 0. The highest BCUT2D eigenvalue weighted by atomic mass is 32.2. The second kappa shape index (κ2) is 5.06. The first-order chi connectivity index (χ1) is 10.7. The molecule has 0 aromatic carbocycles. The zero-order valence-electron chi connectivity index (χ0n) is 11.4. The van der Waals surface area contributed by atoms with E-state index in [-0.39, 0.29) is 17.7 Å². The van der Waals surface area contributed by atoms with Crippen LogP contribution < -0.4 is 0 Å². The van der Waals surface area contributed by atoms with E-state index in [1.165, 1.54) is 6.07 Å². The number of ether oxygens (including phenoxy) is 3. The third kappa shape index (κ3) is 2.68. The Labute approximate surface area is 129 Å². The lowest BCUT2D eigenvalue weighted by atomic mass is 9.93. The van der Waals surface area contributed by atoms with E-state index in [2.05, 4.69) is 4.74 Å². The number of hydrogen-bond acceptors (Lipinski definition) is 9. The number of hydrogen-bond donors (Lipinski definition) is 1. The van der Waals surface area contributed by atoms with Gasteiger partial charge in [0.25, 0.3) is 15.7 Å². The summed E-state index contributed by atoms with van der Waals surface area (Å²) in [6.45, 7) is -1.38. The quantitative estimate of drug-likeness (QED) is 0.393. The molecule has 1 N–H and O–H groups in total. The van der Waals surface area contributed by atoms with Crippen LogP contribution in [0.4, 0.5) is 0 Å². The second-order valence-electron chi connectivity index (χ2n) is 4.93. The van der Waals surface area contributed by atoms with E-state index in [9.17, 15) is 22.8 Å². The van der Waals surface area contributed by atoms with Crippen molar-refractivity contribution in [1.29, 1.82) is 0 Å². The lowest BCUT2D eigenvalue weighted by Gasteiger charge is -2.20. The molecule has 3 heterocycles.